The smallest absolute Gasteiger partial charge is 0.243 e. The standard InChI is InChI=1S/C21H26FN3O4S/c1-16-8-9-20(29-2)19(14-16)25(30(3,27)28)15-21(26)24-12-10-23(11-13-24)18-7-5-4-6-17(18)22/h4-9,14H,10-13,15H2,1-3H3. The van der Waals surface area contributed by atoms with Gasteiger partial charge >= 0.3 is 0 Å². The Morgan fingerprint density at radius 2 is 1.80 bits per heavy atom. The van der Waals surface area contributed by atoms with Gasteiger partial charge in [-0.15, -0.1) is 0 Å². The molecule has 0 N–H and O–H groups in total. The molecule has 1 saturated heterocycles. The molecule has 0 aromatic heterocycles. The van der Waals surface area contributed by atoms with E-state index in [9.17, 15) is 17.6 Å². The molecule has 1 fully saturated rings. The number of sulfonamides is 1. The van der Waals surface area contributed by atoms with Crippen molar-refractivity contribution in [2.45, 2.75) is 6.92 Å². The van der Waals surface area contributed by atoms with E-state index in [0.29, 0.717) is 43.3 Å². The number of para-hydroxylation sites is 1. The van der Waals surface area contributed by atoms with E-state index in [1.807, 2.05) is 17.9 Å². The normalized spacial score (nSPS) is 14.5. The van der Waals surface area contributed by atoms with Crippen molar-refractivity contribution in [3.63, 3.8) is 0 Å². The number of benzene rings is 2. The Labute approximate surface area is 176 Å². The van der Waals surface area contributed by atoms with Crippen LogP contribution in [0.2, 0.25) is 0 Å². The van der Waals surface area contributed by atoms with Crippen LogP contribution in [0.5, 0.6) is 5.75 Å². The molecule has 2 aromatic carbocycles. The van der Waals surface area contributed by atoms with Crippen LogP contribution < -0.4 is 13.9 Å². The number of carbonyl (C=O) groups is 1. The van der Waals surface area contributed by atoms with Gasteiger partial charge in [-0.05, 0) is 36.8 Å². The number of anilines is 2. The van der Waals surface area contributed by atoms with Crippen LogP contribution in [-0.4, -0.2) is 65.3 Å². The summed E-state index contributed by atoms with van der Waals surface area (Å²) in [6.07, 6.45) is 1.07. The molecule has 1 heterocycles. The highest BCUT2D eigenvalue weighted by atomic mass is 32.2. The van der Waals surface area contributed by atoms with Gasteiger partial charge in [0.1, 0.15) is 18.1 Å². The zero-order valence-electron chi connectivity index (χ0n) is 17.3. The molecule has 3 rings (SSSR count). The third-order valence-electron chi connectivity index (χ3n) is 5.11. The Morgan fingerprint density at radius 3 is 2.40 bits per heavy atom. The number of hydrogen-bond donors (Lipinski definition) is 0. The fourth-order valence-corrected chi connectivity index (χ4v) is 4.35. The Bertz CT molecular complexity index is 1020. The van der Waals surface area contributed by atoms with Crippen LogP contribution in [-0.2, 0) is 14.8 Å². The van der Waals surface area contributed by atoms with Gasteiger partial charge in [-0.1, -0.05) is 18.2 Å². The van der Waals surface area contributed by atoms with Crippen LogP contribution in [0.3, 0.4) is 0 Å². The molecule has 0 bridgehead atoms. The van der Waals surface area contributed by atoms with Crippen molar-refractivity contribution < 1.29 is 22.3 Å². The largest absolute Gasteiger partial charge is 0.495 e. The Morgan fingerprint density at radius 1 is 1.13 bits per heavy atom. The molecule has 0 atom stereocenters. The highest BCUT2D eigenvalue weighted by molar-refractivity contribution is 7.92. The van der Waals surface area contributed by atoms with Crippen molar-refractivity contribution in [1.82, 2.24) is 4.90 Å². The van der Waals surface area contributed by atoms with E-state index >= 15 is 0 Å². The number of ether oxygens (including phenoxy) is 1. The summed E-state index contributed by atoms with van der Waals surface area (Å²) < 4.78 is 45.3. The zero-order chi connectivity index (χ0) is 21.9. The molecule has 0 spiro atoms. The summed E-state index contributed by atoms with van der Waals surface area (Å²) in [6, 6.07) is 11.7. The molecule has 1 aliphatic heterocycles. The number of halogens is 1. The van der Waals surface area contributed by atoms with E-state index in [0.717, 1.165) is 16.1 Å². The molecule has 0 saturated carbocycles. The number of methoxy groups -OCH3 is 1. The number of piperazine rings is 1. The van der Waals surface area contributed by atoms with E-state index in [4.69, 9.17) is 4.74 Å². The summed E-state index contributed by atoms with van der Waals surface area (Å²) in [5.41, 5.74) is 1.69. The van der Waals surface area contributed by atoms with Crippen LogP contribution in [0.4, 0.5) is 15.8 Å². The van der Waals surface area contributed by atoms with Crippen LogP contribution in [0.25, 0.3) is 0 Å². The molecule has 0 aliphatic carbocycles. The number of nitrogens with zero attached hydrogens (tertiary/aromatic N) is 3. The Hall–Kier alpha value is -2.81. The van der Waals surface area contributed by atoms with Gasteiger partial charge in [0.05, 0.1) is 24.7 Å². The molecule has 1 aliphatic rings. The van der Waals surface area contributed by atoms with Crippen LogP contribution in [0.1, 0.15) is 5.56 Å². The molecule has 30 heavy (non-hydrogen) atoms. The SMILES string of the molecule is COc1ccc(C)cc1N(CC(=O)N1CCN(c2ccccc2F)CC1)S(C)(=O)=O. The van der Waals surface area contributed by atoms with Gasteiger partial charge in [0, 0.05) is 26.2 Å². The highest BCUT2D eigenvalue weighted by Gasteiger charge is 2.28. The maximum absolute atomic E-state index is 14.0. The Balaban J connectivity index is 1.74. The first kappa shape index (κ1) is 21.9. The first-order chi connectivity index (χ1) is 14.2. The average Bonchev–Trinajstić information content (AvgIpc) is 2.71. The van der Waals surface area contributed by atoms with E-state index in [2.05, 4.69) is 0 Å². The summed E-state index contributed by atoms with van der Waals surface area (Å²) in [5, 5.41) is 0. The molecule has 2 aromatic rings. The van der Waals surface area contributed by atoms with Crippen molar-refractivity contribution in [2.75, 3.05) is 55.3 Å². The molecule has 7 nitrogen and oxygen atoms in total. The molecule has 0 unspecified atom stereocenters. The lowest BCUT2D eigenvalue weighted by molar-refractivity contribution is -0.129. The topological polar surface area (TPSA) is 70.2 Å². The maximum atomic E-state index is 14.0. The summed E-state index contributed by atoms with van der Waals surface area (Å²) in [5.74, 6) is -0.229. The minimum atomic E-state index is -3.71. The minimum absolute atomic E-state index is 0.299. The van der Waals surface area contributed by atoms with Gasteiger partial charge in [0.2, 0.25) is 15.9 Å². The van der Waals surface area contributed by atoms with Gasteiger partial charge < -0.3 is 14.5 Å². The number of aryl methyl sites for hydroxylation is 1. The fraction of sp³-hybridized carbons (Fsp3) is 0.381. The fourth-order valence-electron chi connectivity index (χ4n) is 3.50. The first-order valence-corrected chi connectivity index (χ1v) is 11.4. The summed E-state index contributed by atoms with van der Waals surface area (Å²) in [4.78, 5) is 16.4. The second kappa shape index (κ2) is 8.91. The second-order valence-electron chi connectivity index (χ2n) is 7.26. The number of rotatable bonds is 6. The quantitative estimate of drug-likeness (QED) is 0.696. The van der Waals surface area contributed by atoms with E-state index in [-0.39, 0.29) is 18.3 Å². The third kappa shape index (κ3) is 4.84. The molecule has 1 amide bonds. The minimum Gasteiger partial charge on any atom is -0.495 e. The number of amides is 1. The second-order valence-corrected chi connectivity index (χ2v) is 9.17. The Kier molecular flexibility index (Phi) is 6.50. The van der Waals surface area contributed by atoms with Gasteiger partial charge in [-0.25, -0.2) is 12.8 Å². The lowest BCUT2D eigenvalue weighted by Crippen LogP contribution is -2.52. The predicted molar refractivity (Wildman–Crippen MR) is 115 cm³/mol. The van der Waals surface area contributed by atoms with Gasteiger partial charge in [-0.3, -0.25) is 9.10 Å². The number of hydrogen-bond acceptors (Lipinski definition) is 5. The van der Waals surface area contributed by atoms with E-state index < -0.39 is 10.0 Å². The van der Waals surface area contributed by atoms with Crippen molar-refractivity contribution >= 4 is 27.3 Å². The summed E-state index contributed by atoms with van der Waals surface area (Å²) >= 11 is 0. The van der Waals surface area contributed by atoms with Gasteiger partial charge in [0.25, 0.3) is 0 Å². The van der Waals surface area contributed by atoms with Crippen molar-refractivity contribution in [3.8, 4) is 5.75 Å². The number of carbonyl (C=O) groups excluding carboxylic acids is 1. The summed E-state index contributed by atoms with van der Waals surface area (Å²) in [6.45, 7) is 3.23. The van der Waals surface area contributed by atoms with Gasteiger partial charge in [-0.2, -0.15) is 0 Å². The van der Waals surface area contributed by atoms with Crippen LogP contribution in [0.15, 0.2) is 42.5 Å². The lowest BCUT2D eigenvalue weighted by Gasteiger charge is -2.37. The molecular weight excluding hydrogens is 409 g/mol. The monoisotopic (exact) mass is 435 g/mol. The molecule has 9 heteroatoms. The molecular formula is C21H26FN3O4S. The maximum Gasteiger partial charge on any atom is 0.243 e. The average molecular weight is 436 g/mol. The third-order valence-corrected chi connectivity index (χ3v) is 6.23. The zero-order valence-corrected chi connectivity index (χ0v) is 18.2. The first-order valence-electron chi connectivity index (χ1n) is 9.60. The van der Waals surface area contributed by atoms with Crippen molar-refractivity contribution in [1.29, 1.82) is 0 Å². The van der Waals surface area contributed by atoms with Crippen molar-refractivity contribution in [3.05, 3.63) is 53.8 Å². The van der Waals surface area contributed by atoms with E-state index in [1.165, 1.54) is 13.2 Å². The van der Waals surface area contributed by atoms with E-state index in [1.54, 1.807) is 35.2 Å². The molecule has 0 radical (unpaired) electrons. The lowest BCUT2D eigenvalue weighted by atomic mass is 10.2. The highest BCUT2D eigenvalue weighted by Crippen LogP contribution is 2.31. The summed E-state index contributed by atoms with van der Waals surface area (Å²) in [7, 11) is -2.26. The predicted octanol–water partition coefficient (Wildman–Crippen LogP) is 2.26. The van der Waals surface area contributed by atoms with Crippen LogP contribution >= 0.6 is 0 Å². The van der Waals surface area contributed by atoms with Crippen LogP contribution in [0, 0.1) is 12.7 Å². The van der Waals surface area contributed by atoms with Crippen molar-refractivity contribution in [2.24, 2.45) is 0 Å². The molecule has 162 valence electrons. The van der Waals surface area contributed by atoms with Gasteiger partial charge in [0.15, 0.2) is 0 Å².